The van der Waals surface area contributed by atoms with Crippen LogP contribution in [0.4, 0.5) is 24.5 Å². The second-order valence-electron chi connectivity index (χ2n) is 9.16. The molecule has 0 radical (unpaired) electrons. The van der Waals surface area contributed by atoms with Gasteiger partial charge in [-0.3, -0.25) is 4.72 Å². The van der Waals surface area contributed by atoms with Crippen LogP contribution in [-0.4, -0.2) is 34.4 Å². The Bertz CT molecular complexity index is 1440. The van der Waals surface area contributed by atoms with Crippen molar-refractivity contribution in [2.45, 2.75) is 49.6 Å². The highest BCUT2D eigenvalue weighted by molar-refractivity contribution is 7.91. The summed E-state index contributed by atoms with van der Waals surface area (Å²) in [6.07, 6.45) is -2.29. The van der Waals surface area contributed by atoms with Crippen LogP contribution >= 0.6 is 0 Å². The first kappa shape index (κ1) is 26.9. The number of hydrogen-bond donors (Lipinski definition) is 2. The second-order valence-corrected chi connectivity index (χ2v) is 11.1. The molecule has 2 aliphatic rings. The molecular weight excluding hydrogens is 531 g/mol. The van der Waals surface area contributed by atoms with Gasteiger partial charge in [0.15, 0.2) is 21.4 Å². The molecule has 0 aromatic heterocycles. The standard InChI is InChI=1S/C28H28F3N3O4S/c1-2-18-32-39(36,20-16-14-19(15-17-20)38-28(29,30)31)33-21-8-7-11-24(27(21)35)34-22-9-3-5-12-25(22)37-26-13-6-4-10-23(26)34/h3-6,8-10,12-17,24,27,35H,2,7,11,18H2,1H3,(H,32,33,36)/t24-,27+,39?/m0/s1. The maximum absolute atomic E-state index is 14.1. The van der Waals surface area contributed by atoms with Gasteiger partial charge in [-0.15, -0.1) is 13.2 Å². The molecule has 1 unspecified atom stereocenters. The van der Waals surface area contributed by atoms with Gasteiger partial charge in [0.2, 0.25) is 0 Å². The summed E-state index contributed by atoms with van der Waals surface area (Å²) in [4.78, 5) is 2.23. The van der Waals surface area contributed by atoms with Gasteiger partial charge in [0.1, 0.15) is 11.9 Å². The molecule has 3 atom stereocenters. The molecule has 3 aromatic rings. The van der Waals surface area contributed by atoms with E-state index in [1.807, 2.05) is 60.4 Å². The molecule has 0 saturated heterocycles. The average molecular weight is 560 g/mol. The van der Waals surface area contributed by atoms with Gasteiger partial charge in [0.05, 0.1) is 34.6 Å². The number of allylic oxidation sites excluding steroid dienone is 1. The monoisotopic (exact) mass is 559 g/mol. The van der Waals surface area contributed by atoms with E-state index in [-0.39, 0.29) is 11.4 Å². The molecule has 7 nitrogen and oxygen atoms in total. The number of fused-ring (bicyclic) bond motifs is 2. The normalized spacial score (nSPS) is 20.0. The first-order valence-electron chi connectivity index (χ1n) is 12.6. The van der Waals surface area contributed by atoms with Crippen LogP contribution in [0.15, 0.2) is 93.8 Å². The van der Waals surface area contributed by atoms with E-state index in [0.29, 0.717) is 36.5 Å². The number of nitrogens with one attached hydrogen (secondary N) is 1. The van der Waals surface area contributed by atoms with E-state index < -0.39 is 34.2 Å². The Morgan fingerprint density at radius 3 is 2.26 bits per heavy atom. The van der Waals surface area contributed by atoms with Gasteiger partial charge in [-0.1, -0.05) is 37.3 Å². The topological polar surface area (TPSA) is 83.4 Å². The van der Waals surface area contributed by atoms with E-state index in [4.69, 9.17) is 4.74 Å². The van der Waals surface area contributed by atoms with Crippen molar-refractivity contribution in [3.8, 4) is 17.2 Å². The third kappa shape index (κ3) is 5.69. The Morgan fingerprint density at radius 1 is 1.05 bits per heavy atom. The largest absolute Gasteiger partial charge is 0.573 e. The summed E-state index contributed by atoms with van der Waals surface area (Å²) in [5.41, 5.74) is 1.95. The summed E-state index contributed by atoms with van der Waals surface area (Å²) >= 11 is 0. The number of hydrogen-bond acceptors (Lipinski definition) is 6. The van der Waals surface area contributed by atoms with Crippen LogP contribution in [0.2, 0.25) is 0 Å². The number of ether oxygens (including phenoxy) is 2. The molecule has 0 amide bonds. The highest BCUT2D eigenvalue weighted by Gasteiger charge is 2.38. The van der Waals surface area contributed by atoms with E-state index >= 15 is 0 Å². The minimum Gasteiger partial charge on any atom is -0.453 e. The number of nitrogens with zero attached hydrogens (tertiary/aromatic N) is 2. The lowest BCUT2D eigenvalue weighted by Crippen LogP contribution is -2.47. The Labute approximate surface area is 225 Å². The quantitative estimate of drug-likeness (QED) is 0.338. The van der Waals surface area contributed by atoms with Gasteiger partial charge in [0.25, 0.3) is 0 Å². The summed E-state index contributed by atoms with van der Waals surface area (Å²) in [7, 11) is -3.33. The highest BCUT2D eigenvalue weighted by Crippen LogP contribution is 2.49. The lowest BCUT2D eigenvalue weighted by molar-refractivity contribution is -0.274. The number of aliphatic hydroxyl groups excluding tert-OH is 1. The van der Waals surface area contributed by atoms with Crippen molar-refractivity contribution in [2.24, 2.45) is 4.36 Å². The van der Waals surface area contributed by atoms with Crippen LogP contribution in [0.5, 0.6) is 17.2 Å². The van der Waals surface area contributed by atoms with Crippen LogP contribution in [0.1, 0.15) is 26.2 Å². The first-order chi connectivity index (χ1) is 18.7. The number of alkyl halides is 3. The van der Waals surface area contributed by atoms with Crippen molar-refractivity contribution in [1.29, 1.82) is 0 Å². The number of para-hydroxylation sites is 4. The Hall–Kier alpha value is -3.70. The van der Waals surface area contributed by atoms with E-state index in [9.17, 15) is 22.5 Å². The molecular formula is C28H28F3N3O4S. The van der Waals surface area contributed by atoms with Crippen LogP contribution in [-0.2, 0) is 9.92 Å². The number of anilines is 2. The van der Waals surface area contributed by atoms with Crippen molar-refractivity contribution in [3.63, 3.8) is 0 Å². The van der Waals surface area contributed by atoms with Crippen LogP contribution < -0.4 is 19.1 Å². The van der Waals surface area contributed by atoms with Crippen molar-refractivity contribution in [2.75, 3.05) is 11.4 Å². The third-order valence-electron chi connectivity index (χ3n) is 6.44. The van der Waals surface area contributed by atoms with Crippen molar-refractivity contribution in [1.82, 2.24) is 4.72 Å². The lowest BCUT2D eigenvalue weighted by Gasteiger charge is -2.42. The Morgan fingerprint density at radius 2 is 1.67 bits per heavy atom. The number of aliphatic hydroxyl groups is 1. The Balaban J connectivity index is 1.46. The van der Waals surface area contributed by atoms with Gasteiger partial charge in [-0.05, 0) is 67.8 Å². The fraction of sp³-hybridized carbons (Fsp3) is 0.286. The van der Waals surface area contributed by atoms with Crippen molar-refractivity contribution in [3.05, 3.63) is 84.6 Å². The van der Waals surface area contributed by atoms with Gasteiger partial charge in [0, 0.05) is 0 Å². The van der Waals surface area contributed by atoms with Crippen LogP contribution in [0.25, 0.3) is 0 Å². The first-order valence-corrected chi connectivity index (χ1v) is 14.1. The van der Waals surface area contributed by atoms with Gasteiger partial charge < -0.3 is 19.5 Å². The lowest BCUT2D eigenvalue weighted by atomic mass is 9.93. The summed E-state index contributed by atoms with van der Waals surface area (Å²) in [6.45, 7) is 2.13. The summed E-state index contributed by atoms with van der Waals surface area (Å²) in [5, 5.41) is 11.6. The summed E-state index contributed by atoms with van der Waals surface area (Å²) in [6, 6.07) is 19.5. The molecule has 206 valence electrons. The SMILES string of the molecule is CCCN=S(=O)(NC1=CCC[C@H](N2c3ccccc3Oc3ccccc32)[C@@H]1O)c1ccc(OC(F)(F)F)cc1. The van der Waals surface area contributed by atoms with E-state index in [1.165, 1.54) is 12.1 Å². The summed E-state index contributed by atoms with van der Waals surface area (Å²) < 4.78 is 69.3. The number of rotatable bonds is 7. The highest BCUT2D eigenvalue weighted by atomic mass is 32.2. The molecule has 39 heavy (non-hydrogen) atoms. The fourth-order valence-corrected chi connectivity index (χ4v) is 6.53. The maximum atomic E-state index is 14.1. The molecule has 0 bridgehead atoms. The molecule has 1 heterocycles. The third-order valence-corrected chi connectivity index (χ3v) is 8.41. The molecule has 1 aliphatic carbocycles. The van der Waals surface area contributed by atoms with E-state index in [0.717, 1.165) is 23.5 Å². The molecule has 0 saturated carbocycles. The summed E-state index contributed by atoms with van der Waals surface area (Å²) in [5.74, 6) is 0.899. The number of benzene rings is 3. The second kappa shape index (κ2) is 10.8. The predicted molar refractivity (Wildman–Crippen MR) is 142 cm³/mol. The van der Waals surface area contributed by atoms with E-state index in [1.54, 1.807) is 6.08 Å². The minimum atomic E-state index is -4.84. The molecule has 2 N–H and O–H groups in total. The van der Waals surface area contributed by atoms with Crippen molar-refractivity contribution < 1.29 is 32.0 Å². The molecule has 11 heteroatoms. The fourth-order valence-electron chi connectivity index (χ4n) is 4.73. The smallest absolute Gasteiger partial charge is 0.453 e. The number of halogens is 3. The predicted octanol–water partition coefficient (Wildman–Crippen LogP) is 6.68. The van der Waals surface area contributed by atoms with Crippen LogP contribution in [0, 0.1) is 0 Å². The molecule has 0 fully saturated rings. The molecule has 0 spiro atoms. The molecule has 3 aromatic carbocycles. The van der Waals surface area contributed by atoms with Gasteiger partial charge in [-0.25, -0.2) is 8.57 Å². The van der Waals surface area contributed by atoms with Gasteiger partial charge >= 0.3 is 6.36 Å². The maximum Gasteiger partial charge on any atom is 0.573 e. The Kier molecular flexibility index (Phi) is 7.46. The van der Waals surface area contributed by atoms with Crippen LogP contribution in [0.3, 0.4) is 0 Å². The minimum absolute atomic E-state index is 0.183. The average Bonchev–Trinajstić information content (AvgIpc) is 2.91. The molecule has 1 aliphatic heterocycles. The van der Waals surface area contributed by atoms with Crippen molar-refractivity contribution >= 4 is 21.3 Å². The molecule has 5 rings (SSSR count). The zero-order chi connectivity index (χ0) is 27.6. The van der Waals surface area contributed by atoms with Gasteiger partial charge in [-0.2, -0.15) is 0 Å². The zero-order valence-electron chi connectivity index (χ0n) is 21.1. The zero-order valence-corrected chi connectivity index (χ0v) is 21.9. The van der Waals surface area contributed by atoms with E-state index in [2.05, 4.69) is 13.8 Å².